The molecule has 3 N–H and O–H groups in total. The summed E-state index contributed by atoms with van der Waals surface area (Å²) in [6.07, 6.45) is 0.996. The summed E-state index contributed by atoms with van der Waals surface area (Å²) >= 11 is 5.71. The number of hydrogen-bond donors (Lipinski definition) is 2. The van der Waals surface area contributed by atoms with Gasteiger partial charge >= 0.3 is 0 Å². The molecule has 0 aliphatic heterocycles. The number of carbonyl (C=O) groups excluding carboxylic acids is 1. The van der Waals surface area contributed by atoms with Gasteiger partial charge in [0.1, 0.15) is 0 Å². The molecule has 2 aromatic rings. The van der Waals surface area contributed by atoms with E-state index >= 15 is 0 Å². The number of nitro benzene ring substituents is 1. The molecule has 23 heavy (non-hydrogen) atoms. The number of nitrogens with two attached hydrogens (primary N) is 1. The first-order chi connectivity index (χ1) is 10.9. The van der Waals surface area contributed by atoms with Crippen LogP contribution in [0.2, 0.25) is 5.02 Å². The molecule has 1 amide bonds. The van der Waals surface area contributed by atoms with Crippen LogP contribution in [0.5, 0.6) is 5.75 Å². The van der Waals surface area contributed by atoms with E-state index in [2.05, 4.69) is 10.5 Å². The first kappa shape index (κ1) is 16.2. The van der Waals surface area contributed by atoms with Crippen molar-refractivity contribution in [2.45, 2.75) is 0 Å². The smallest absolute Gasteiger partial charge is 0.271 e. The number of hydrazone groups is 1. The third-order valence-electron chi connectivity index (χ3n) is 2.80. The molecule has 0 bridgehead atoms. The minimum Gasteiger partial charge on any atom is -0.867 e. The third-order valence-corrected chi connectivity index (χ3v) is 3.02. The number of halogens is 1. The maximum Gasteiger partial charge on any atom is 0.271 e. The van der Waals surface area contributed by atoms with Gasteiger partial charge in [-0.05, 0) is 41.6 Å². The average molecular weight is 334 g/mol. The van der Waals surface area contributed by atoms with Crippen LogP contribution < -0.4 is 16.3 Å². The van der Waals surface area contributed by atoms with Gasteiger partial charge in [-0.25, -0.2) is 5.43 Å². The first-order valence-electron chi connectivity index (χ1n) is 6.22. The van der Waals surface area contributed by atoms with Crippen molar-refractivity contribution in [1.29, 1.82) is 0 Å². The van der Waals surface area contributed by atoms with Crippen LogP contribution in [0, 0.1) is 10.1 Å². The van der Waals surface area contributed by atoms with Crippen LogP contribution in [0.4, 0.5) is 11.4 Å². The zero-order chi connectivity index (χ0) is 17.0. The topological polar surface area (TPSA) is 134 Å². The molecule has 118 valence electrons. The summed E-state index contributed by atoms with van der Waals surface area (Å²) in [5, 5.41) is 26.2. The summed E-state index contributed by atoms with van der Waals surface area (Å²) in [5.74, 6) is -1.37. The second-order valence-corrected chi connectivity index (χ2v) is 4.86. The Labute approximate surface area is 135 Å². The van der Waals surface area contributed by atoms with Gasteiger partial charge in [-0.3, -0.25) is 14.9 Å². The number of nitro groups is 1. The van der Waals surface area contributed by atoms with Crippen molar-refractivity contribution < 1.29 is 14.8 Å². The van der Waals surface area contributed by atoms with Gasteiger partial charge in [0, 0.05) is 22.3 Å². The van der Waals surface area contributed by atoms with Crippen molar-refractivity contribution in [3.63, 3.8) is 0 Å². The van der Waals surface area contributed by atoms with Gasteiger partial charge < -0.3 is 10.8 Å². The second kappa shape index (κ2) is 6.75. The van der Waals surface area contributed by atoms with Crippen LogP contribution in [0.25, 0.3) is 0 Å². The van der Waals surface area contributed by atoms with Gasteiger partial charge in [-0.15, -0.1) is 0 Å². The second-order valence-electron chi connectivity index (χ2n) is 4.42. The average Bonchev–Trinajstić information content (AvgIpc) is 2.50. The van der Waals surface area contributed by atoms with Gasteiger partial charge in [-0.1, -0.05) is 11.6 Å². The summed E-state index contributed by atoms with van der Waals surface area (Å²) in [6, 6.07) is 8.28. The van der Waals surface area contributed by atoms with Crippen LogP contribution in [-0.4, -0.2) is 17.0 Å². The van der Waals surface area contributed by atoms with Gasteiger partial charge in [0.15, 0.2) is 0 Å². The molecule has 0 unspecified atom stereocenters. The molecular weight excluding hydrogens is 324 g/mol. The first-order valence-corrected chi connectivity index (χ1v) is 6.60. The lowest BCUT2D eigenvalue weighted by molar-refractivity contribution is -0.398. The van der Waals surface area contributed by atoms with E-state index in [-0.39, 0.29) is 10.6 Å². The fourth-order valence-corrected chi connectivity index (χ4v) is 1.91. The monoisotopic (exact) mass is 333 g/mol. The maximum atomic E-state index is 11.8. The maximum absolute atomic E-state index is 11.8. The molecule has 2 rings (SSSR count). The summed E-state index contributed by atoms with van der Waals surface area (Å²) in [4.78, 5) is 21.7. The number of carbonyl (C=O) groups is 1. The van der Waals surface area contributed by atoms with Crippen molar-refractivity contribution in [2.75, 3.05) is 5.73 Å². The molecule has 0 fully saturated rings. The van der Waals surface area contributed by atoms with Crippen LogP contribution in [-0.2, 0) is 0 Å². The minimum absolute atomic E-state index is 0.0163. The Morgan fingerprint density at radius 3 is 2.57 bits per heavy atom. The predicted octanol–water partition coefficient (Wildman–Crippen LogP) is 1.67. The zero-order valence-electron chi connectivity index (χ0n) is 11.5. The Morgan fingerprint density at radius 2 is 1.96 bits per heavy atom. The summed E-state index contributed by atoms with van der Waals surface area (Å²) < 4.78 is 0. The molecule has 0 heterocycles. The van der Waals surface area contributed by atoms with E-state index in [9.17, 15) is 20.0 Å². The van der Waals surface area contributed by atoms with Crippen molar-refractivity contribution >= 4 is 35.1 Å². The van der Waals surface area contributed by atoms with Crippen molar-refractivity contribution in [3.05, 3.63) is 62.7 Å². The van der Waals surface area contributed by atoms with Gasteiger partial charge in [0.2, 0.25) is 0 Å². The number of nitrogen functional groups attached to an aromatic ring is 1. The molecule has 0 saturated carbocycles. The van der Waals surface area contributed by atoms with E-state index in [1.807, 2.05) is 0 Å². The number of anilines is 1. The Kier molecular flexibility index (Phi) is 4.77. The summed E-state index contributed by atoms with van der Waals surface area (Å²) in [7, 11) is 0. The number of benzene rings is 2. The molecule has 0 aromatic heterocycles. The van der Waals surface area contributed by atoms with Gasteiger partial charge in [0.05, 0.1) is 11.1 Å². The largest absolute Gasteiger partial charge is 0.867 e. The Morgan fingerprint density at radius 1 is 1.30 bits per heavy atom. The molecule has 0 spiro atoms. The van der Waals surface area contributed by atoms with Crippen molar-refractivity contribution in [1.82, 2.24) is 5.43 Å². The highest BCUT2D eigenvalue weighted by molar-refractivity contribution is 6.31. The normalized spacial score (nSPS) is 10.7. The molecule has 0 radical (unpaired) electrons. The van der Waals surface area contributed by atoms with Crippen LogP contribution in [0.15, 0.2) is 41.5 Å². The number of amides is 1. The van der Waals surface area contributed by atoms with E-state index in [1.165, 1.54) is 18.2 Å². The number of rotatable bonds is 4. The third kappa shape index (κ3) is 3.95. The standard InChI is InChI=1S/C14H11ClN4O4/c15-10-5-9(13(20)12(6-10)19(22)23)7-17-18-14(21)8-1-3-11(16)4-2-8/h1-7,20H,16H2,(H,18,21)/p-1/b17-7-. The molecule has 0 atom stereocenters. The Bertz CT molecular complexity index is 790. The van der Waals surface area contributed by atoms with Crippen LogP contribution >= 0.6 is 11.6 Å². The lowest BCUT2D eigenvalue weighted by atomic mass is 10.2. The minimum atomic E-state index is -0.843. The fraction of sp³-hybridized carbons (Fsp3) is 0. The van der Waals surface area contributed by atoms with Gasteiger partial charge in [0.25, 0.3) is 11.6 Å². The Balaban J connectivity index is 2.16. The van der Waals surface area contributed by atoms with E-state index in [1.54, 1.807) is 12.1 Å². The van der Waals surface area contributed by atoms with E-state index in [0.717, 1.165) is 12.3 Å². The quantitative estimate of drug-likeness (QED) is 0.380. The van der Waals surface area contributed by atoms with Crippen LogP contribution in [0.1, 0.15) is 15.9 Å². The van der Waals surface area contributed by atoms with E-state index < -0.39 is 22.3 Å². The number of hydrogen-bond acceptors (Lipinski definition) is 6. The zero-order valence-corrected chi connectivity index (χ0v) is 12.3. The van der Waals surface area contributed by atoms with Crippen LogP contribution in [0.3, 0.4) is 0 Å². The molecule has 2 aromatic carbocycles. The fourth-order valence-electron chi connectivity index (χ4n) is 1.69. The number of nitrogens with zero attached hydrogens (tertiary/aromatic N) is 2. The van der Waals surface area contributed by atoms with Crippen molar-refractivity contribution in [3.8, 4) is 5.75 Å². The summed E-state index contributed by atoms with van der Waals surface area (Å²) in [5.41, 5.74) is 7.76. The van der Waals surface area contributed by atoms with E-state index in [0.29, 0.717) is 11.3 Å². The van der Waals surface area contributed by atoms with Crippen molar-refractivity contribution in [2.24, 2.45) is 5.10 Å². The highest BCUT2D eigenvalue weighted by Gasteiger charge is 2.11. The molecule has 9 heteroatoms. The molecule has 8 nitrogen and oxygen atoms in total. The lowest BCUT2D eigenvalue weighted by Gasteiger charge is -2.10. The predicted molar refractivity (Wildman–Crippen MR) is 83.5 cm³/mol. The highest BCUT2D eigenvalue weighted by Crippen LogP contribution is 2.29. The van der Waals surface area contributed by atoms with E-state index in [4.69, 9.17) is 17.3 Å². The highest BCUT2D eigenvalue weighted by atomic mass is 35.5. The Hall–Kier alpha value is -3.13. The van der Waals surface area contributed by atoms with Gasteiger partial charge in [-0.2, -0.15) is 5.10 Å². The number of nitrogens with one attached hydrogen (secondary N) is 1. The molecule has 0 aliphatic rings. The summed E-state index contributed by atoms with van der Waals surface area (Å²) in [6.45, 7) is 0. The molecule has 0 aliphatic carbocycles. The SMILES string of the molecule is Nc1ccc(C(=O)N/N=C\c2cc(Cl)cc([N+](=O)[O-])c2[O-])cc1. The lowest BCUT2D eigenvalue weighted by Crippen LogP contribution is -2.17. The molecular formula is C14H10ClN4O4-. The molecule has 0 saturated heterocycles.